The predicted molar refractivity (Wildman–Crippen MR) is 99.7 cm³/mol. The maximum absolute atomic E-state index is 12.7. The van der Waals surface area contributed by atoms with Crippen molar-refractivity contribution in [2.45, 2.75) is 92.2 Å². The Morgan fingerprint density at radius 1 is 0.708 bits per heavy atom. The molecule has 4 nitrogen and oxygen atoms in total. The first-order valence-electron chi connectivity index (χ1n) is 9.86. The SMILES string of the molecule is CC(C)CCCCN1C(=O)C(C)N(CCCCC(C)C)C(=O)C1C. The van der Waals surface area contributed by atoms with Crippen molar-refractivity contribution in [3.8, 4) is 0 Å². The fourth-order valence-electron chi connectivity index (χ4n) is 3.41. The van der Waals surface area contributed by atoms with Crippen LogP contribution in [0, 0.1) is 11.8 Å². The van der Waals surface area contributed by atoms with Crippen LogP contribution in [0.2, 0.25) is 0 Å². The van der Waals surface area contributed by atoms with Crippen LogP contribution in [-0.2, 0) is 9.59 Å². The van der Waals surface area contributed by atoms with Crippen molar-refractivity contribution in [3.05, 3.63) is 0 Å². The molecule has 0 aromatic heterocycles. The van der Waals surface area contributed by atoms with Gasteiger partial charge < -0.3 is 9.80 Å². The number of hydrogen-bond acceptors (Lipinski definition) is 2. The van der Waals surface area contributed by atoms with E-state index in [2.05, 4.69) is 27.7 Å². The van der Waals surface area contributed by atoms with E-state index in [1.165, 1.54) is 12.8 Å². The molecule has 0 spiro atoms. The van der Waals surface area contributed by atoms with Gasteiger partial charge in [0.25, 0.3) is 0 Å². The third-order valence-electron chi connectivity index (χ3n) is 5.08. The number of unbranched alkanes of at least 4 members (excludes halogenated alkanes) is 2. The molecule has 1 aliphatic heterocycles. The molecular weight excluding hydrogens is 300 g/mol. The standard InChI is InChI=1S/C20H38N2O2/c1-15(2)11-7-9-13-21-17(5)20(24)22(18(6)19(21)23)14-10-8-12-16(3)4/h15-18H,7-14H2,1-6H3. The van der Waals surface area contributed by atoms with E-state index in [9.17, 15) is 9.59 Å². The van der Waals surface area contributed by atoms with E-state index in [0.717, 1.165) is 25.7 Å². The normalized spacial score (nSPS) is 22.2. The molecule has 0 aromatic carbocycles. The van der Waals surface area contributed by atoms with E-state index in [1.54, 1.807) is 9.80 Å². The Hall–Kier alpha value is -1.06. The van der Waals surface area contributed by atoms with Crippen molar-refractivity contribution < 1.29 is 9.59 Å². The molecule has 2 atom stereocenters. The largest absolute Gasteiger partial charge is 0.329 e. The smallest absolute Gasteiger partial charge is 0.245 e. The Kier molecular flexibility index (Phi) is 8.79. The van der Waals surface area contributed by atoms with Crippen LogP contribution in [-0.4, -0.2) is 46.8 Å². The first kappa shape index (κ1) is 21.0. The summed E-state index contributed by atoms with van der Waals surface area (Å²) in [5.74, 6) is 1.63. The Labute approximate surface area is 149 Å². The van der Waals surface area contributed by atoms with Crippen molar-refractivity contribution >= 4 is 11.8 Å². The van der Waals surface area contributed by atoms with Crippen molar-refractivity contribution in [2.24, 2.45) is 11.8 Å². The van der Waals surface area contributed by atoms with Gasteiger partial charge in [-0.15, -0.1) is 0 Å². The zero-order valence-corrected chi connectivity index (χ0v) is 16.7. The number of carbonyl (C=O) groups excluding carboxylic acids is 2. The highest BCUT2D eigenvalue weighted by atomic mass is 16.2. The van der Waals surface area contributed by atoms with Gasteiger partial charge in [0, 0.05) is 13.1 Å². The highest BCUT2D eigenvalue weighted by Crippen LogP contribution is 2.20. The van der Waals surface area contributed by atoms with E-state index < -0.39 is 0 Å². The highest BCUT2D eigenvalue weighted by Gasteiger charge is 2.40. The molecule has 0 bridgehead atoms. The maximum atomic E-state index is 12.7. The van der Waals surface area contributed by atoms with E-state index in [0.29, 0.717) is 24.9 Å². The lowest BCUT2D eigenvalue weighted by atomic mass is 10.0. The second kappa shape index (κ2) is 10.0. The van der Waals surface area contributed by atoms with E-state index in [-0.39, 0.29) is 23.9 Å². The van der Waals surface area contributed by atoms with Gasteiger partial charge in [0.2, 0.25) is 11.8 Å². The van der Waals surface area contributed by atoms with Gasteiger partial charge in [-0.3, -0.25) is 9.59 Å². The summed E-state index contributed by atoms with van der Waals surface area (Å²) in [6, 6.07) is -0.615. The number of nitrogens with zero attached hydrogens (tertiary/aromatic N) is 2. The van der Waals surface area contributed by atoms with Gasteiger partial charge in [-0.05, 0) is 38.5 Å². The minimum atomic E-state index is -0.308. The molecule has 0 radical (unpaired) electrons. The molecule has 2 unspecified atom stereocenters. The molecule has 1 rings (SSSR count). The van der Waals surface area contributed by atoms with Gasteiger partial charge >= 0.3 is 0 Å². The van der Waals surface area contributed by atoms with Crippen LogP contribution < -0.4 is 0 Å². The first-order chi connectivity index (χ1) is 11.3. The summed E-state index contributed by atoms with van der Waals surface area (Å²) >= 11 is 0. The summed E-state index contributed by atoms with van der Waals surface area (Å²) in [6.45, 7) is 14.1. The average Bonchev–Trinajstić information content (AvgIpc) is 2.51. The minimum Gasteiger partial charge on any atom is -0.329 e. The Balaban J connectivity index is 2.52. The van der Waals surface area contributed by atoms with Crippen molar-refractivity contribution in [3.63, 3.8) is 0 Å². The Bertz CT molecular complexity index is 368. The van der Waals surface area contributed by atoms with Gasteiger partial charge in [0.1, 0.15) is 12.1 Å². The summed E-state index contributed by atoms with van der Waals surface area (Å²) in [6.07, 6.45) is 6.58. The van der Waals surface area contributed by atoms with Gasteiger partial charge in [-0.2, -0.15) is 0 Å². The molecule has 2 amide bonds. The quantitative estimate of drug-likeness (QED) is 0.563. The average molecular weight is 339 g/mol. The molecule has 24 heavy (non-hydrogen) atoms. The third-order valence-corrected chi connectivity index (χ3v) is 5.08. The summed E-state index contributed by atoms with van der Waals surface area (Å²) in [5.41, 5.74) is 0. The zero-order valence-electron chi connectivity index (χ0n) is 16.7. The predicted octanol–water partition coefficient (Wildman–Crippen LogP) is 4.09. The topological polar surface area (TPSA) is 40.6 Å². The minimum absolute atomic E-state index is 0.121. The molecule has 1 fully saturated rings. The number of hydrogen-bond donors (Lipinski definition) is 0. The van der Waals surface area contributed by atoms with Crippen molar-refractivity contribution in [2.75, 3.05) is 13.1 Å². The fourth-order valence-corrected chi connectivity index (χ4v) is 3.41. The number of piperazine rings is 1. The zero-order chi connectivity index (χ0) is 18.3. The van der Waals surface area contributed by atoms with Crippen molar-refractivity contribution in [1.82, 2.24) is 9.80 Å². The van der Waals surface area contributed by atoms with Gasteiger partial charge in [-0.1, -0.05) is 53.4 Å². The van der Waals surface area contributed by atoms with Gasteiger partial charge in [0.05, 0.1) is 0 Å². The Morgan fingerprint density at radius 3 is 1.33 bits per heavy atom. The lowest BCUT2D eigenvalue weighted by Crippen LogP contribution is -2.63. The second-order valence-corrected chi connectivity index (χ2v) is 8.19. The molecule has 1 aliphatic rings. The van der Waals surface area contributed by atoms with Crippen LogP contribution in [0.4, 0.5) is 0 Å². The van der Waals surface area contributed by atoms with Crippen LogP contribution in [0.25, 0.3) is 0 Å². The number of rotatable bonds is 10. The van der Waals surface area contributed by atoms with Gasteiger partial charge in [0.15, 0.2) is 0 Å². The molecule has 1 saturated heterocycles. The lowest BCUT2D eigenvalue weighted by molar-refractivity contribution is -0.160. The van der Waals surface area contributed by atoms with Gasteiger partial charge in [-0.25, -0.2) is 0 Å². The molecule has 0 N–H and O–H groups in total. The third kappa shape index (κ3) is 6.10. The van der Waals surface area contributed by atoms with E-state index >= 15 is 0 Å². The molecule has 140 valence electrons. The van der Waals surface area contributed by atoms with Crippen LogP contribution in [0.1, 0.15) is 80.1 Å². The monoisotopic (exact) mass is 338 g/mol. The molecule has 1 heterocycles. The summed E-state index contributed by atoms with van der Waals surface area (Å²) in [5, 5.41) is 0. The molecular formula is C20H38N2O2. The van der Waals surface area contributed by atoms with E-state index in [1.807, 2.05) is 13.8 Å². The molecule has 4 heteroatoms. The molecule has 0 aromatic rings. The molecule has 0 aliphatic carbocycles. The summed E-state index contributed by atoms with van der Waals surface area (Å²) in [4.78, 5) is 29.0. The summed E-state index contributed by atoms with van der Waals surface area (Å²) in [7, 11) is 0. The number of amides is 2. The van der Waals surface area contributed by atoms with E-state index in [4.69, 9.17) is 0 Å². The van der Waals surface area contributed by atoms with Crippen LogP contribution in [0.5, 0.6) is 0 Å². The lowest BCUT2D eigenvalue weighted by Gasteiger charge is -2.43. The number of carbonyl (C=O) groups is 2. The fraction of sp³-hybridized carbons (Fsp3) is 0.900. The maximum Gasteiger partial charge on any atom is 0.245 e. The van der Waals surface area contributed by atoms with Crippen LogP contribution in [0.15, 0.2) is 0 Å². The summed E-state index contributed by atoms with van der Waals surface area (Å²) < 4.78 is 0. The second-order valence-electron chi connectivity index (χ2n) is 8.19. The first-order valence-corrected chi connectivity index (χ1v) is 9.86. The Morgan fingerprint density at radius 2 is 1.04 bits per heavy atom. The highest BCUT2D eigenvalue weighted by molar-refractivity contribution is 5.96. The van der Waals surface area contributed by atoms with Crippen molar-refractivity contribution in [1.29, 1.82) is 0 Å². The van der Waals surface area contributed by atoms with Crippen LogP contribution >= 0.6 is 0 Å². The molecule has 0 saturated carbocycles. The van der Waals surface area contributed by atoms with Crippen LogP contribution in [0.3, 0.4) is 0 Å².